The summed E-state index contributed by atoms with van der Waals surface area (Å²) in [5.41, 5.74) is 0.926. The van der Waals surface area contributed by atoms with Crippen molar-refractivity contribution in [2.75, 3.05) is 13.1 Å². The Kier molecular flexibility index (Phi) is 2.85. The van der Waals surface area contributed by atoms with E-state index < -0.39 is 0 Å². The molecule has 1 saturated heterocycles. The molecule has 1 aliphatic carbocycles. The predicted octanol–water partition coefficient (Wildman–Crippen LogP) is 2.39. The molecule has 0 spiro atoms. The van der Waals surface area contributed by atoms with E-state index in [0.717, 1.165) is 6.54 Å². The van der Waals surface area contributed by atoms with E-state index >= 15 is 0 Å². The summed E-state index contributed by atoms with van der Waals surface area (Å²) in [7, 11) is 0. The average molecular weight is 210 g/mol. The lowest BCUT2D eigenvalue weighted by Gasteiger charge is -2.49. The summed E-state index contributed by atoms with van der Waals surface area (Å²) in [5.74, 6) is 0. The topological polar surface area (TPSA) is 15.3 Å². The lowest BCUT2D eigenvalue weighted by Crippen LogP contribution is -2.65. The maximum absolute atomic E-state index is 3.77. The largest absolute Gasteiger partial charge is 0.308 e. The molecular formula is C13H26N2. The maximum Gasteiger partial charge on any atom is 0.0304 e. The Morgan fingerprint density at radius 2 is 1.87 bits per heavy atom. The zero-order valence-corrected chi connectivity index (χ0v) is 10.8. The predicted molar refractivity (Wildman–Crippen MR) is 65.1 cm³/mol. The Labute approximate surface area is 94.4 Å². The smallest absolute Gasteiger partial charge is 0.0304 e. The fourth-order valence-corrected chi connectivity index (χ4v) is 2.93. The number of nitrogens with zero attached hydrogens (tertiary/aromatic N) is 1. The van der Waals surface area contributed by atoms with E-state index in [1.54, 1.807) is 0 Å². The highest BCUT2D eigenvalue weighted by atomic mass is 15.3. The molecule has 2 aliphatic rings. The Morgan fingerprint density at radius 3 is 2.33 bits per heavy atom. The van der Waals surface area contributed by atoms with Crippen LogP contribution in [0.15, 0.2) is 0 Å². The molecule has 1 N–H and O–H groups in total. The minimum absolute atomic E-state index is 0.387. The van der Waals surface area contributed by atoms with E-state index in [0.29, 0.717) is 17.1 Å². The van der Waals surface area contributed by atoms with Gasteiger partial charge in [0.25, 0.3) is 0 Å². The first-order chi connectivity index (χ1) is 7.05. The minimum Gasteiger partial charge on any atom is -0.308 e. The van der Waals surface area contributed by atoms with E-state index in [9.17, 15) is 0 Å². The molecule has 0 aromatic carbocycles. The molecule has 2 fully saturated rings. The number of piperazine rings is 1. The van der Waals surface area contributed by atoms with Crippen LogP contribution in [0.5, 0.6) is 0 Å². The third kappa shape index (κ3) is 1.94. The van der Waals surface area contributed by atoms with Gasteiger partial charge in [0.15, 0.2) is 0 Å². The molecule has 0 aromatic heterocycles. The van der Waals surface area contributed by atoms with Crippen molar-refractivity contribution >= 4 is 0 Å². The third-order valence-corrected chi connectivity index (χ3v) is 4.80. The van der Waals surface area contributed by atoms with Gasteiger partial charge in [-0.25, -0.2) is 0 Å². The monoisotopic (exact) mass is 210 g/mol. The van der Waals surface area contributed by atoms with Gasteiger partial charge in [-0.2, -0.15) is 0 Å². The van der Waals surface area contributed by atoms with Crippen molar-refractivity contribution in [3.63, 3.8) is 0 Å². The molecule has 0 radical (unpaired) electrons. The highest BCUT2D eigenvalue weighted by Gasteiger charge is 2.49. The van der Waals surface area contributed by atoms with Crippen LogP contribution < -0.4 is 5.32 Å². The van der Waals surface area contributed by atoms with E-state index in [-0.39, 0.29) is 0 Å². The zero-order chi connectivity index (χ0) is 11.1. The second kappa shape index (κ2) is 3.74. The second-order valence-electron chi connectivity index (χ2n) is 5.84. The molecule has 1 aliphatic heterocycles. The Bertz CT molecular complexity index is 229. The number of hydrogen-bond donors (Lipinski definition) is 1. The van der Waals surface area contributed by atoms with Gasteiger partial charge in [-0.1, -0.05) is 13.8 Å². The molecule has 1 saturated carbocycles. The maximum atomic E-state index is 3.77. The molecule has 2 heteroatoms. The molecule has 88 valence electrons. The summed E-state index contributed by atoms with van der Waals surface area (Å²) in [5, 5.41) is 3.77. The Morgan fingerprint density at radius 1 is 1.27 bits per heavy atom. The first kappa shape index (κ1) is 11.4. The van der Waals surface area contributed by atoms with Crippen LogP contribution in [0.25, 0.3) is 0 Å². The molecule has 0 aromatic rings. The molecule has 1 atom stereocenters. The van der Waals surface area contributed by atoms with Gasteiger partial charge in [-0.05, 0) is 39.5 Å². The first-order valence-corrected chi connectivity index (χ1v) is 6.57. The summed E-state index contributed by atoms with van der Waals surface area (Å²) < 4.78 is 0. The molecular weight excluding hydrogens is 184 g/mol. The van der Waals surface area contributed by atoms with Gasteiger partial charge < -0.3 is 5.32 Å². The van der Waals surface area contributed by atoms with E-state index in [4.69, 9.17) is 0 Å². The molecule has 1 unspecified atom stereocenters. The number of rotatable bonds is 3. The van der Waals surface area contributed by atoms with Gasteiger partial charge in [0, 0.05) is 30.2 Å². The quantitative estimate of drug-likeness (QED) is 0.769. The molecule has 0 amide bonds. The van der Waals surface area contributed by atoms with Crippen LogP contribution in [-0.2, 0) is 0 Å². The van der Waals surface area contributed by atoms with Crippen LogP contribution in [0.4, 0.5) is 0 Å². The van der Waals surface area contributed by atoms with Gasteiger partial charge in [0.2, 0.25) is 0 Å². The molecule has 15 heavy (non-hydrogen) atoms. The highest BCUT2D eigenvalue weighted by molar-refractivity contribution is 5.07. The molecule has 2 rings (SSSR count). The fraction of sp³-hybridized carbons (Fsp3) is 1.00. The van der Waals surface area contributed by atoms with Gasteiger partial charge in [-0.3, -0.25) is 4.90 Å². The molecule has 1 heterocycles. The summed E-state index contributed by atoms with van der Waals surface area (Å²) >= 11 is 0. The highest BCUT2D eigenvalue weighted by Crippen LogP contribution is 2.44. The normalized spacial score (nSPS) is 34.0. The first-order valence-electron chi connectivity index (χ1n) is 6.57. The van der Waals surface area contributed by atoms with Crippen LogP contribution >= 0.6 is 0 Å². The molecule has 2 nitrogen and oxygen atoms in total. The van der Waals surface area contributed by atoms with Gasteiger partial charge in [0.05, 0.1) is 0 Å². The van der Waals surface area contributed by atoms with E-state index in [2.05, 4.69) is 37.9 Å². The Hall–Kier alpha value is -0.0800. The van der Waals surface area contributed by atoms with Crippen molar-refractivity contribution < 1.29 is 0 Å². The standard InChI is InChI=1S/C13H26N2/c1-5-13(6-2)10-15(11(3)9-14-13)12(4)7-8-12/h11,14H,5-10H2,1-4H3. The van der Waals surface area contributed by atoms with Crippen molar-refractivity contribution in [3.05, 3.63) is 0 Å². The van der Waals surface area contributed by atoms with Gasteiger partial charge >= 0.3 is 0 Å². The second-order valence-corrected chi connectivity index (χ2v) is 5.84. The van der Waals surface area contributed by atoms with Crippen LogP contribution in [0.1, 0.15) is 53.4 Å². The van der Waals surface area contributed by atoms with Crippen LogP contribution in [0.2, 0.25) is 0 Å². The third-order valence-electron chi connectivity index (χ3n) is 4.80. The minimum atomic E-state index is 0.387. The van der Waals surface area contributed by atoms with Crippen LogP contribution in [0, 0.1) is 0 Å². The van der Waals surface area contributed by atoms with E-state index in [1.807, 2.05) is 0 Å². The SMILES string of the molecule is CCC1(CC)CN(C2(C)CC2)C(C)CN1. The summed E-state index contributed by atoms with van der Waals surface area (Å²) in [6, 6.07) is 0.712. The fourth-order valence-electron chi connectivity index (χ4n) is 2.93. The lowest BCUT2D eigenvalue weighted by molar-refractivity contribution is 0.0399. The van der Waals surface area contributed by atoms with Crippen molar-refractivity contribution in [1.82, 2.24) is 10.2 Å². The summed E-state index contributed by atoms with van der Waals surface area (Å²) in [6.45, 7) is 11.9. The van der Waals surface area contributed by atoms with E-state index in [1.165, 1.54) is 32.2 Å². The van der Waals surface area contributed by atoms with Crippen molar-refractivity contribution in [1.29, 1.82) is 0 Å². The summed E-state index contributed by atoms with van der Waals surface area (Å²) in [6.07, 6.45) is 5.31. The Balaban J connectivity index is 2.10. The lowest BCUT2D eigenvalue weighted by atomic mass is 9.87. The van der Waals surface area contributed by atoms with Crippen LogP contribution in [0.3, 0.4) is 0 Å². The number of hydrogen-bond acceptors (Lipinski definition) is 2. The van der Waals surface area contributed by atoms with Crippen molar-refractivity contribution in [2.45, 2.75) is 70.5 Å². The van der Waals surface area contributed by atoms with Crippen molar-refractivity contribution in [2.24, 2.45) is 0 Å². The van der Waals surface area contributed by atoms with Gasteiger partial charge in [-0.15, -0.1) is 0 Å². The number of nitrogens with one attached hydrogen (secondary N) is 1. The summed E-state index contributed by atoms with van der Waals surface area (Å²) in [4.78, 5) is 2.76. The average Bonchev–Trinajstić information content (AvgIpc) is 2.99. The zero-order valence-electron chi connectivity index (χ0n) is 10.8. The van der Waals surface area contributed by atoms with Crippen LogP contribution in [-0.4, -0.2) is 35.1 Å². The van der Waals surface area contributed by atoms with Gasteiger partial charge in [0.1, 0.15) is 0 Å². The molecule has 0 bridgehead atoms. The van der Waals surface area contributed by atoms with Crippen molar-refractivity contribution in [3.8, 4) is 0 Å².